The standard InChI is InChI=1S/C16H16N2O3S/c19-18-11-5-9-14-8-4-10-15(16(14)18)17-22(20,21)12-13-6-2-1-3-7-13/h1-10,17-18H,11-12H2. The van der Waals surface area contributed by atoms with Crippen molar-refractivity contribution in [2.24, 2.45) is 0 Å². The van der Waals surface area contributed by atoms with E-state index in [9.17, 15) is 13.6 Å². The minimum Gasteiger partial charge on any atom is -0.629 e. The maximum atomic E-state index is 12.3. The lowest BCUT2D eigenvalue weighted by Gasteiger charge is -2.27. The number of fused-ring (bicyclic) bond motifs is 1. The fraction of sp³-hybridized carbons (Fsp3) is 0.125. The zero-order valence-corrected chi connectivity index (χ0v) is 12.6. The highest BCUT2D eigenvalue weighted by Crippen LogP contribution is 2.26. The Hall–Kier alpha value is -2.15. The predicted octanol–water partition coefficient (Wildman–Crippen LogP) is 1.67. The molecule has 0 saturated heterocycles. The second kappa shape index (κ2) is 5.92. The average Bonchev–Trinajstić information content (AvgIpc) is 2.47. The molecule has 0 spiro atoms. The molecule has 0 aromatic heterocycles. The van der Waals surface area contributed by atoms with E-state index >= 15 is 0 Å². The van der Waals surface area contributed by atoms with E-state index in [1.807, 2.05) is 12.1 Å². The van der Waals surface area contributed by atoms with Gasteiger partial charge in [-0.05, 0) is 29.8 Å². The van der Waals surface area contributed by atoms with Gasteiger partial charge in [-0.25, -0.2) is 8.42 Å². The number of benzene rings is 2. The minimum absolute atomic E-state index is 0.0736. The molecule has 0 saturated carbocycles. The zero-order valence-electron chi connectivity index (χ0n) is 11.8. The summed E-state index contributed by atoms with van der Waals surface area (Å²) in [4.78, 5) is 0. The van der Waals surface area contributed by atoms with Gasteiger partial charge in [0, 0.05) is 5.56 Å². The first-order chi connectivity index (χ1) is 10.6. The van der Waals surface area contributed by atoms with Crippen molar-refractivity contribution in [3.05, 3.63) is 70.9 Å². The summed E-state index contributed by atoms with van der Waals surface area (Å²) in [6.45, 7) is 0.296. The zero-order chi connectivity index (χ0) is 15.6. The van der Waals surface area contributed by atoms with Crippen LogP contribution in [0.2, 0.25) is 0 Å². The van der Waals surface area contributed by atoms with Crippen LogP contribution in [0.25, 0.3) is 6.08 Å². The molecule has 1 atom stereocenters. The Labute approximate surface area is 129 Å². The van der Waals surface area contributed by atoms with E-state index in [2.05, 4.69) is 4.72 Å². The van der Waals surface area contributed by atoms with Crippen molar-refractivity contribution < 1.29 is 13.5 Å². The number of sulfonamides is 1. The van der Waals surface area contributed by atoms with Crippen LogP contribution in [0.4, 0.5) is 11.4 Å². The number of hydrogen-bond donors (Lipinski definition) is 2. The van der Waals surface area contributed by atoms with Gasteiger partial charge < -0.3 is 10.3 Å². The van der Waals surface area contributed by atoms with Gasteiger partial charge in [0.25, 0.3) is 0 Å². The normalized spacial score (nSPS) is 17.0. The van der Waals surface area contributed by atoms with E-state index in [1.54, 1.807) is 48.5 Å². The molecule has 0 radical (unpaired) electrons. The Morgan fingerprint density at radius 1 is 1.09 bits per heavy atom. The Kier molecular flexibility index (Phi) is 3.98. The lowest BCUT2D eigenvalue weighted by molar-refractivity contribution is -0.768. The summed E-state index contributed by atoms with van der Waals surface area (Å²) in [7, 11) is -3.57. The van der Waals surface area contributed by atoms with Gasteiger partial charge in [-0.15, -0.1) is 0 Å². The molecule has 6 heteroatoms. The summed E-state index contributed by atoms with van der Waals surface area (Å²) in [5.41, 5.74) is 2.24. The molecule has 0 amide bonds. The largest absolute Gasteiger partial charge is 0.629 e. The van der Waals surface area contributed by atoms with Crippen LogP contribution in [-0.2, 0) is 15.8 Å². The topological polar surface area (TPSA) is 73.7 Å². The van der Waals surface area contributed by atoms with Crippen molar-refractivity contribution in [2.45, 2.75) is 5.75 Å². The predicted molar refractivity (Wildman–Crippen MR) is 87.0 cm³/mol. The lowest BCUT2D eigenvalue weighted by atomic mass is 10.1. The van der Waals surface area contributed by atoms with E-state index < -0.39 is 10.0 Å². The fourth-order valence-electron chi connectivity index (χ4n) is 2.50. The summed E-state index contributed by atoms with van der Waals surface area (Å²) < 4.78 is 27.2. The van der Waals surface area contributed by atoms with Gasteiger partial charge in [0.1, 0.15) is 12.2 Å². The highest BCUT2D eigenvalue weighted by atomic mass is 32.2. The van der Waals surface area contributed by atoms with Crippen molar-refractivity contribution in [3.8, 4) is 0 Å². The van der Waals surface area contributed by atoms with Crippen LogP contribution in [0.5, 0.6) is 0 Å². The average molecular weight is 316 g/mol. The quantitative estimate of drug-likeness (QED) is 0.843. The molecule has 1 aliphatic rings. The highest BCUT2D eigenvalue weighted by Gasteiger charge is 2.20. The molecule has 5 nitrogen and oxygen atoms in total. The van der Waals surface area contributed by atoms with Crippen molar-refractivity contribution in [3.63, 3.8) is 0 Å². The van der Waals surface area contributed by atoms with Gasteiger partial charge in [0.2, 0.25) is 10.0 Å². The van der Waals surface area contributed by atoms with Crippen LogP contribution in [0.1, 0.15) is 11.1 Å². The molecule has 3 rings (SSSR count). The number of hydrogen-bond acceptors (Lipinski definition) is 3. The summed E-state index contributed by atoms with van der Waals surface area (Å²) in [6.07, 6.45) is 3.62. The van der Waals surface area contributed by atoms with Crippen LogP contribution in [0.15, 0.2) is 54.6 Å². The number of anilines is 1. The molecule has 0 fully saturated rings. The summed E-state index contributed by atoms with van der Waals surface area (Å²) >= 11 is 0. The molecule has 0 bridgehead atoms. The van der Waals surface area contributed by atoms with Gasteiger partial charge in [-0.3, -0.25) is 4.72 Å². The first-order valence-corrected chi connectivity index (χ1v) is 8.57. The third kappa shape index (κ3) is 3.19. The summed E-state index contributed by atoms with van der Waals surface area (Å²) in [5, 5.41) is 12.0. The Bertz CT molecular complexity index is 801. The van der Waals surface area contributed by atoms with Crippen LogP contribution in [0, 0.1) is 5.21 Å². The van der Waals surface area contributed by atoms with Gasteiger partial charge in [0.05, 0.1) is 5.75 Å². The van der Waals surface area contributed by atoms with Crippen LogP contribution in [-0.4, -0.2) is 15.0 Å². The second-order valence-electron chi connectivity index (χ2n) is 5.15. The molecule has 1 unspecified atom stereocenters. The number of quaternary nitrogens is 1. The fourth-order valence-corrected chi connectivity index (χ4v) is 3.71. The smallest absolute Gasteiger partial charge is 0.237 e. The molecule has 0 aliphatic carbocycles. The maximum absolute atomic E-state index is 12.3. The van der Waals surface area contributed by atoms with E-state index in [1.165, 1.54) is 0 Å². The maximum Gasteiger partial charge on any atom is 0.237 e. The van der Waals surface area contributed by atoms with Crippen molar-refractivity contribution >= 4 is 27.5 Å². The molecule has 1 heterocycles. The first kappa shape index (κ1) is 14.8. The second-order valence-corrected chi connectivity index (χ2v) is 6.87. The summed E-state index contributed by atoms with van der Waals surface area (Å²) in [5.74, 6) is -0.123. The van der Waals surface area contributed by atoms with Crippen molar-refractivity contribution in [1.82, 2.24) is 0 Å². The van der Waals surface area contributed by atoms with E-state index in [4.69, 9.17) is 0 Å². The van der Waals surface area contributed by atoms with Gasteiger partial charge in [-0.1, -0.05) is 36.4 Å². The highest BCUT2D eigenvalue weighted by molar-refractivity contribution is 7.91. The molecule has 22 heavy (non-hydrogen) atoms. The third-order valence-corrected chi connectivity index (χ3v) is 4.69. The van der Waals surface area contributed by atoms with E-state index in [0.717, 1.165) is 5.56 Å². The molecule has 2 aromatic carbocycles. The number of hydroxylamine groups is 1. The Morgan fingerprint density at radius 2 is 1.86 bits per heavy atom. The van der Waals surface area contributed by atoms with E-state index in [0.29, 0.717) is 23.5 Å². The van der Waals surface area contributed by atoms with Crippen molar-refractivity contribution in [1.29, 1.82) is 0 Å². The first-order valence-electron chi connectivity index (χ1n) is 6.92. The molecule has 2 N–H and O–H groups in total. The third-order valence-electron chi connectivity index (χ3n) is 3.44. The summed E-state index contributed by atoms with van der Waals surface area (Å²) in [6, 6.07) is 14.1. The van der Waals surface area contributed by atoms with Gasteiger partial charge in [-0.2, -0.15) is 0 Å². The number of rotatable bonds is 4. The molecule has 1 aliphatic heterocycles. The molecule has 2 aromatic rings. The molecular formula is C16H16N2O3S. The monoisotopic (exact) mass is 316 g/mol. The van der Waals surface area contributed by atoms with Crippen LogP contribution < -0.4 is 9.79 Å². The van der Waals surface area contributed by atoms with Gasteiger partial charge >= 0.3 is 0 Å². The molecular weight excluding hydrogens is 300 g/mol. The molecule has 114 valence electrons. The van der Waals surface area contributed by atoms with Gasteiger partial charge in [0.15, 0.2) is 5.69 Å². The Balaban J connectivity index is 1.89. The lowest BCUT2D eigenvalue weighted by Crippen LogP contribution is -3.02. The van der Waals surface area contributed by atoms with E-state index in [-0.39, 0.29) is 10.8 Å². The van der Waals surface area contributed by atoms with Crippen LogP contribution >= 0.6 is 0 Å². The minimum atomic E-state index is -3.57. The van der Waals surface area contributed by atoms with Crippen molar-refractivity contribution in [2.75, 3.05) is 11.3 Å². The number of nitrogens with one attached hydrogen (secondary N) is 2. The SMILES string of the molecule is O=S(=O)(Cc1ccccc1)Nc1cccc2c1[NH+]([O-])CC=C2. The number of para-hydroxylation sites is 1. The Morgan fingerprint density at radius 3 is 2.64 bits per heavy atom. The van der Waals surface area contributed by atoms with Crippen LogP contribution in [0.3, 0.4) is 0 Å².